The molecule has 21 heavy (non-hydrogen) atoms. The van der Waals surface area contributed by atoms with Crippen LogP contribution in [-0.4, -0.2) is 24.6 Å². The first-order valence-corrected chi connectivity index (χ1v) is 8.90. The summed E-state index contributed by atoms with van der Waals surface area (Å²) in [6.45, 7) is 17.8. The van der Waals surface area contributed by atoms with Gasteiger partial charge in [0, 0.05) is 24.5 Å². The molecule has 1 unspecified atom stereocenters. The van der Waals surface area contributed by atoms with E-state index in [4.69, 9.17) is 4.98 Å². The van der Waals surface area contributed by atoms with Gasteiger partial charge in [0.25, 0.3) is 0 Å². The van der Waals surface area contributed by atoms with E-state index in [2.05, 4.69) is 65.7 Å². The highest BCUT2D eigenvalue weighted by Crippen LogP contribution is 2.32. The van der Waals surface area contributed by atoms with Crippen molar-refractivity contribution in [2.24, 2.45) is 11.3 Å². The van der Waals surface area contributed by atoms with Crippen LogP contribution in [0.2, 0.25) is 0 Å². The first kappa shape index (κ1) is 18.4. The van der Waals surface area contributed by atoms with Crippen molar-refractivity contribution in [3.63, 3.8) is 0 Å². The zero-order valence-corrected chi connectivity index (χ0v) is 15.9. The molecule has 0 spiro atoms. The molecule has 1 atom stereocenters. The van der Waals surface area contributed by atoms with Gasteiger partial charge < -0.3 is 10.2 Å². The van der Waals surface area contributed by atoms with Crippen LogP contribution in [0.5, 0.6) is 0 Å². The Kier molecular flexibility index (Phi) is 6.67. The molecule has 0 saturated carbocycles. The zero-order valence-electron chi connectivity index (χ0n) is 15.1. The second-order valence-electron chi connectivity index (χ2n) is 7.40. The molecule has 0 saturated heterocycles. The van der Waals surface area contributed by atoms with Crippen LogP contribution < -0.4 is 10.2 Å². The molecule has 122 valence electrons. The molecule has 1 aromatic heterocycles. The molecular weight excluding hydrogens is 278 g/mol. The quantitative estimate of drug-likeness (QED) is 0.812. The van der Waals surface area contributed by atoms with E-state index < -0.39 is 0 Å². The van der Waals surface area contributed by atoms with Crippen molar-refractivity contribution >= 4 is 16.5 Å². The summed E-state index contributed by atoms with van der Waals surface area (Å²) in [5, 5.41) is 4.69. The lowest BCUT2D eigenvalue weighted by Crippen LogP contribution is -2.39. The first-order chi connectivity index (χ1) is 9.66. The van der Waals surface area contributed by atoms with Crippen molar-refractivity contribution in [3.8, 4) is 0 Å². The molecule has 1 rings (SSSR count). The number of anilines is 1. The van der Waals surface area contributed by atoms with Crippen LogP contribution in [0.15, 0.2) is 0 Å². The normalized spacial score (nSPS) is 13.8. The molecule has 0 fully saturated rings. The highest BCUT2D eigenvalue weighted by Gasteiger charge is 2.26. The van der Waals surface area contributed by atoms with E-state index in [-0.39, 0.29) is 5.41 Å². The van der Waals surface area contributed by atoms with E-state index in [9.17, 15) is 0 Å². The second-order valence-corrected chi connectivity index (χ2v) is 8.46. The Hall–Kier alpha value is -0.610. The summed E-state index contributed by atoms with van der Waals surface area (Å²) >= 11 is 1.84. The third kappa shape index (κ3) is 5.26. The lowest BCUT2D eigenvalue weighted by Gasteiger charge is -2.35. The monoisotopic (exact) mass is 311 g/mol. The van der Waals surface area contributed by atoms with Gasteiger partial charge >= 0.3 is 0 Å². The van der Waals surface area contributed by atoms with Gasteiger partial charge in [-0.1, -0.05) is 41.5 Å². The van der Waals surface area contributed by atoms with Gasteiger partial charge in [-0.05, 0) is 31.2 Å². The molecule has 0 aliphatic carbocycles. The Morgan fingerprint density at radius 2 is 1.86 bits per heavy atom. The van der Waals surface area contributed by atoms with Crippen LogP contribution in [0, 0.1) is 11.3 Å². The minimum Gasteiger partial charge on any atom is -0.348 e. The van der Waals surface area contributed by atoms with Crippen molar-refractivity contribution in [2.45, 2.75) is 67.5 Å². The average molecular weight is 312 g/mol. The molecule has 0 aromatic carbocycles. The number of nitrogens with one attached hydrogen (secondary N) is 1. The fourth-order valence-electron chi connectivity index (χ4n) is 2.16. The molecule has 0 radical (unpaired) electrons. The molecule has 0 bridgehead atoms. The van der Waals surface area contributed by atoms with E-state index >= 15 is 0 Å². The fraction of sp³-hybridized carbons (Fsp3) is 0.824. The van der Waals surface area contributed by atoms with Crippen molar-refractivity contribution in [1.82, 2.24) is 10.3 Å². The Labute approximate surface area is 135 Å². The van der Waals surface area contributed by atoms with Crippen LogP contribution in [-0.2, 0) is 13.0 Å². The summed E-state index contributed by atoms with van der Waals surface area (Å²) in [5.41, 5.74) is 1.50. The Bertz CT molecular complexity index is 432. The third-order valence-electron chi connectivity index (χ3n) is 4.08. The van der Waals surface area contributed by atoms with Gasteiger partial charge in [0.05, 0.1) is 5.69 Å². The lowest BCUT2D eigenvalue weighted by atomic mass is 9.87. The topological polar surface area (TPSA) is 28.2 Å². The van der Waals surface area contributed by atoms with Gasteiger partial charge in [-0.15, -0.1) is 11.3 Å². The smallest absolute Gasteiger partial charge is 0.185 e. The van der Waals surface area contributed by atoms with Gasteiger partial charge in [0.15, 0.2) is 5.13 Å². The minimum absolute atomic E-state index is 0.253. The van der Waals surface area contributed by atoms with Gasteiger partial charge in [0.2, 0.25) is 0 Å². The second kappa shape index (κ2) is 7.59. The highest BCUT2D eigenvalue weighted by molar-refractivity contribution is 7.15. The van der Waals surface area contributed by atoms with Crippen molar-refractivity contribution in [1.29, 1.82) is 0 Å². The molecule has 0 aliphatic heterocycles. The summed E-state index contributed by atoms with van der Waals surface area (Å²) < 4.78 is 0. The van der Waals surface area contributed by atoms with E-state index in [0.29, 0.717) is 12.0 Å². The van der Waals surface area contributed by atoms with Crippen LogP contribution in [0.3, 0.4) is 0 Å². The summed E-state index contributed by atoms with van der Waals surface area (Å²) in [6.07, 6.45) is 1.01. The van der Waals surface area contributed by atoms with Crippen molar-refractivity contribution in [3.05, 3.63) is 10.6 Å². The Morgan fingerprint density at radius 1 is 1.24 bits per heavy atom. The largest absolute Gasteiger partial charge is 0.348 e. The van der Waals surface area contributed by atoms with E-state index in [1.807, 2.05) is 11.3 Å². The molecule has 1 N–H and O–H groups in total. The zero-order chi connectivity index (χ0) is 16.2. The molecule has 1 heterocycles. The van der Waals surface area contributed by atoms with Gasteiger partial charge in [-0.2, -0.15) is 0 Å². The summed E-state index contributed by atoms with van der Waals surface area (Å²) in [6, 6.07) is 0.463. The number of nitrogens with zero attached hydrogens (tertiary/aromatic N) is 2. The number of hydrogen-bond acceptors (Lipinski definition) is 4. The maximum atomic E-state index is 4.87. The van der Waals surface area contributed by atoms with Crippen LogP contribution >= 0.6 is 11.3 Å². The summed E-state index contributed by atoms with van der Waals surface area (Å²) in [4.78, 5) is 8.58. The van der Waals surface area contributed by atoms with Gasteiger partial charge in [-0.25, -0.2) is 4.98 Å². The van der Waals surface area contributed by atoms with Gasteiger partial charge in [-0.3, -0.25) is 0 Å². The average Bonchev–Trinajstić information content (AvgIpc) is 2.78. The number of aromatic nitrogens is 1. The summed E-state index contributed by atoms with van der Waals surface area (Å²) in [7, 11) is 2.17. The molecule has 4 heteroatoms. The third-order valence-corrected chi connectivity index (χ3v) is 5.26. The lowest BCUT2D eigenvalue weighted by molar-refractivity contribution is 0.329. The van der Waals surface area contributed by atoms with E-state index in [1.54, 1.807) is 0 Å². The van der Waals surface area contributed by atoms with E-state index in [1.165, 1.54) is 10.6 Å². The number of aryl methyl sites for hydroxylation is 1. The van der Waals surface area contributed by atoms with Gasteiger partial charge in [0.1, 0.15) is 0 Å². The Balaban J connectivity index is 2.83. The standard InChI is InChI=1S/C17H33N3S/c1-9-14-15(11-18-10-12(2)3)21-16(19-14)20(8)13(4)17(5,6)7/h12-13,18H,9-11H2,1-8H3. The fourth-order valence-corrected chi connectivity index (χ4v) is 3.32. The van der Waals surface area contributed by atoms with E-state index in [0.717, 1.165) is 24.6 Å². The first-order valence-electron chi connectivity index (χ1n) is 8.08. The predicted molar refractivity (Wildman–Crippen MR) is 95.4 cm³/mol. The summed E-state index contributed by atoms with van der Waals surface area (Å²) in [5.74, 6) is 0.686. The number of hydrogen-bond donors (Lipinski definition) is 1. The SMILES string of the molecule is CCc1nc(N(C)C(C)C(C)(C)C)sc1CNCC(C)C. The molecular formula is C17H33N3S. The van der Waals surface area contributed by atoms with Crippen LogP contribution in [0.4, 0.5) is 5.13 Å². The molecule has 0 amide bonds. The van der Waals surface area contributed by atoms with Crippen LogP contribution in [0.1, 0.15) is 59.0 Å². The molecule has 1 aromatic rings. The Morgan fingerprint density at radius 3 is 2.33 bits per heavy atom. The number of thiazole rings is 1. The molecule has 3 nitrogen and oxygen atoms in total. The van der Waals surface area contributed by atoms with Crippen molar-refractivity contribution < 1.29 is 0 Å². The highest BCUT2D eigenvalue weighted by atomic mass is 32.1. The minimum atomic E-state index is 0.253. The van der Waals surface area contributed by atoms with Crippen LogP contribution in [0.25, 0.3) is 0 Å². The maximum absolute atomic E-state index is 4.87. The number of rotatable bonds is 7. The maximum Gasteiger partial charge on any atom is 0.185 e. The molecule has 0 aliphatic rings. The van der Waals surface area contributed by atoms with Crippen molar-refractivity contribution in [2.75, 3.05) is 18.5 Å². The predicted octanol–water partition coefficient (Wildman–Crippen LogP) is 4.32.